The van der Waals surface area contributed by atoms with Crippen LogP contribution in [0.3, 0.4) is 0 Å². The van der Waals surface area contributed by atoms with Gasteiger partial charge in [-0.1, -0.05) is 0 Å². The highest BCUT2D eigenvalue weighted by Gasteiger charge is 2.44. The minimum atomic E-state index is -2.87. The number of fused-ring (bicyclic) bond motifs is 3. The van der Waals surface area contributed by atoms with Gasteiger partial charge in [-0.25, -0.2) is 8.78 Å². The van der Waals surface area contributed by atoms with Gasteiger partial charge >= 0.3 is 0 Å². The molecule has 3 atom stereocenters. The molecule has 0 bridgehead atoms. The lowest BCUT2D eigenvalue weighted by Crippen LogP contribution is -2.27. The Balaban J connectivity index is 1.60. The summed E-state index contributed by atoms with van der Waals surface area (Å²) in [6.07, 6.45) is -1.23. The average molecular weight is 490 g/mol. The summed E-state index contributed by atoms with van der Waals surface area (Å²) in [6, 6.07) is 2.91. The van der Waals surface area contributed by atoms with E-state index in [2.05, 4.69) is 31.0 Å². The zero-order valence-electron chi connectivity index (χ0n) is 24.4. The Hall–Kier alpha value is -4.16. The second-order valence-corrected chi connectivity index (χ2v) is 8.28. The van der Waals surface area contributed by atoms with Crippen molar-refractivity contribution in [2.75, 3.05) is 29.6 Å². The van der Waals surface area contributed by atoms with Crippen LogP contribution in [-0.2, 0) is 11.8 Å². The van der Waals surface area contributed by atoms with Crippen molar-refractivity contribution < 1.29 is 26.6 Å². The molecule has 1 saturated carbocycles. The van der Waals surface area contributed by atoms with Crippen molar-refractivity contribution in [3.8, 4) is 11.3 Å². The molecular formula is C22H23F2N9O2. The molecule has 1 aromatic carbocycles. The zero-order valence-corrected chi connectivity index (χ0v) is 18.4. The van der Waals surface area contributed by atoms with Gasteiger partial charge in [0.2, 0.25) is 5.91 Å². The topological polar surface area (TPSA) is 130 Å². The van der Waals surface area contributed by atoms with Gasteiger partial charge in [-0.2, -0.15) is 15.0 Å². The van der Waals surface area contributed by atoms with E-state index in [-0.39, 0.29) is 34.9 Å². The fourth-order valence-electron chi connectivity index (χ4n) is 4.00. The number of hydrogen-bond acceptors (Lipinski definition) is 8. The second kappa shape index (κ2) is 8.25. The van der Waals surface area contributed by atoms with Gasteiger partial charge in [0.25, 0.3) is 5.91 Å². The number of carbonyl (C=O) groups is 2. The maximum absolute atomic E-state index is 15.0. The van der Waals surface area contributed by atoms with Crippen molar-refractivity contribution in [1.82, 2.24) is 30.5 Å². The van der Waals surface area contributed by atoms with Crippen LogP contribution in [0.2, 0.25) is 0 Å². The van der Waals surface area contributed by atoms with Crippen LogP contribution in [0.15, 0.2) is 18.2 Å². The molecule has 35 heavy (non-hydrogen) atoms. The highest BCUT2D eigenvalue weighted by atomic mass is 19.1. The van der Waals surface area contributed by atoms with Gasteiger partial charge in [-0.15, -0.1) is 10.2 Å². The number of benzene rings is 1. The number of nitrogens with one attached hydrogen (secondary N) is 3. The summed E-state index contributed by atoms with van der Waals surface area (Å²) in [4.78, 5) is 27.3. The minimum Gasteiger partial charge on any atom is -0.364 e. The molecule has 2 amide bonds. The van der Waals surface area contributed by atoms with Crippen LogP contribution in [0.5, 0.6) is 0 Å². The van der Waals surface area contributed by atoms with E-state index < -0.39 is 55.4 Å². The number of anilines is 4. The van der Waals surface area contributed by atoms with Crippen molar-refractivity contribution in [1.29, 1.82) is 0 Å². The predicted octanol–water partition coefficient (Wildman–Crippen LogP) is 2.32. The summed E-state index contributed by atoms with van der Waals surface area (Å²) in [5.41, 5.74) is 0.408. The first-order valence-electron chi connectivity index (χ1n) is 13.5. The first-order chi connectivity index (χ1) is 19.0. The minimum absolute atomic E-state index is 0.0533. The van der Waals surface area contributed by atoms with Crippen molar-refractivity contribution in [3.63, 3.8) is 0 Å². The Morgan fingerprint density at radius 1 is 1.20 bits per heavy atom. The number of nitrogens with zero attached hydrogens (tertiary/aromatic N) is 6. The summed E-state index contributed by atoms with van der Waals surface area (Å²) in [5, 5.41) is 22.8. The fourth-order valence-corrected chi connectivity index (χ4v) is 4.00. The number of alkyl halides is 1. The third-order valence-corrected chi connectivity index (χ3v) is 5.99. The summed E-state index contributed by atoms with van der Waals surface area (Å²) in [5.74, 6) is -3.57. The molecule has 0 unspecified atom stereocenters. The highest BCUT2D eigenvalue weighted by Crippen LogP contribution is 2.47. The van der Waals surface area contributed by atoms with Crippen molar-refractivity contribution in [3.05, 3.63) is 35.4 Å². The van der Waals surface area contributed by atoms with Crippen molar-refractivity contribution >= 4 is 34.7 Å². The van der Waals surface area contributed by atoms with E-state index in [1.54, 1.807) is 24.2 Å². The van der Waals surface area contributed by atoms with Gasteiger partial charge in [0.1, 0.15) is 23.4 Å². The lowest BCUT2D eigenvalue weighted by atomic mass is 9.96. The summed E-state index contributed by atoms with van der Waals surface area (Å²) < 4.78 is 73.4. The van der Waals surface area contributed by atoms with E-state index in [0.717, 1.165) is 12.1 Å². The number of aryl methyl sites for hydroxylation is 1. The summed E-state index contributed by atoms with van der Waals surface area (Å²) in [6.45, 7) is -3.81. The molecule has 0 saturated heterocycles. The molecule has 13 heteroatoms. The van der Waals surface area contributed by atoms with Crippen LogP contribution in [0.1, 0.15) is 43.8 Å². The van der Waals surface area contributed by atoms with Crippen LogP contribution in [0.25, 0.3) is 11.3 Å². The Labute approximate surface area is 207 Å². The Morgan fingerprint density at radius 2 is 2.00 bits per heavy atom. The molecule has 1 fully saturated rings. The smallest absolute Gasteiger partial charge is 0.273 e. The summed E-state index contributed by atoms with van der Waals surface area (Å²) in [7, 11) is 1.66. The molecule has 2 aliphatic rings. The molecule has 3 aromatic rings. The third-order valence-electron chi connectivity index (χ3n) is 5.99. The first-order valence-corrected chi connectivity index (χ1v) is 10.5. The second-order valence-electron chi connectivity index (χ2n) is 8.28. The Kier molecular flexibility index (Phi) is 3.88. The average Bonchev–Trinajstić information content (AvgIpc) is 3.39. The molecule has 0 radical (unpaired) electrons. The van der Waals surface area contributed by atoms with E-state index in [1.807, 2.05) is 0 Å². The lowest BCUT2D eigenvalue weighted by molar-refractivity contribution is -0.117. The number of hydrogen-bond donors (Lipinski definition) is 3. The van der Waals surface area contributed by atoms with Gasteiger partial charge in [0.05, 0.1) is 29.0 Å². The molecule has 2 aromatic heterocycles. The van der Waals surface area contributed by atoms with Gasteiger partial charge in [0.15, 0.2) is 11.5 Å². The number of halogens is 2. The van der Waals surface area contributed by atoms with Crippen molar-refractivity contribution in [2.24, 2.45) is 12.9 Å². The highest BCUT2D eigenvalue weighted by molar-refractivity contribution is 6.01. The van der Waals surface area contributed by atoms with E-state index in [9.17, 15) is 18.4 Å². The maximum atomic E-state index is 15.0. The van der Waals surface area contributed by atoms with Gasteiger partial charge in [-0.05, 0) is 25.5 Å². The van der Waals surface area contributed by atoms with Crippen LogP contribution in [-0.4, -0.2) is 57.2 Å². The van der Waals surface area contributed by atoms with Crippen LogP contribution < -0.4 is 20.9 Å². The Morgan fingerprint density at radius 3 is 2.71 bits per heavy atom. The summed E-state index contributed by atoms with van der Waals surface area (Å²) >= 11 is 0. The first kappa shape index (κ1) is 16.5. The SMILES string of the molecule is [2H]C([2H])([2H])NC(=O)c1nnc(NC(=O)[C@@H]2C[C@@H]2F)cc1Nc1cc(F)cc2c1N(C)[C@H](C)c1nn(C([2H])([2H])[2H])nc1-2. The van der Waals surface area contributed by atoms with Crippen LogP contribution in [0.4, 0.5) is 31.7 Å². The van der Waals surface area contributed by atoms with Gasteiger partial charge in [0, 0.05) is 40.9 Å². The molecule has 182 valence electrons. The molecule has 1 aliphatic heterocycles. The zero-order chi connectivity index (χ0) is 30.0. The number of rotatable bonds is 5. The van der Waals surface area contributed by atoms with E-state index in [0.29, 0.717) is 16.2 Å². The van der Waals surface area contributed by atoms with E-state index >= 15 is 0 Å². The monoisotopic (exact) mass is 489 g/mol. The van der Waals surface area contributed by atoms with E-state index in [4.69, 9.17) is 8.22 Å². The van der Waals surface area contributed by atoms with E-state index in [1.165, 1.54) is 6.07 Å². The van der Waals surface area contributed by atoms with Crippen LogP contribution >= 0.6 is 0 Å². The molecule has 1 aliphatic carbocycles. The fraction of sp³-hybridized carbons (Fsp3) is 0.364. The van der Waals surface area contributed by atoms with Crippen LogP contribution in [0, 0.1) is 11.7 Å². The molecule has 5 rings (SSSR count). The Bertz CT molecular complexity index is 1560. The predicted molar refractivity (Wildman–Crippen MR) is 124 cm³/mol. The molecule has 11 nitrogen and oxygen atoms in total. The third kappa shape index (κ3) is 3.92. The normalized spacial score (nSPS) is 23.3. The standard InChI is InChI=1S/C22H23F2N9O2/c1-9-17-18(31-33(4)30-17)12-5-10(23)6-15(20(12)32(9)3)26-14-8-16(27-21(34)11-7-13(11)24)28-29-19(14)22(35)25-2/h5-6,8-9,11,13H,7H2,1-4H3,(H,25,35)(H2,26,27,28,34)/t9-,11-,13+/m1/s1/i2D3,4D3. The largest absolute Gasteiger partial charge is 0.364 e. The number of aromatic nitrogens is 5. The van der Waals surface area contributed by atoms with Crippen molar-refractivity contribution in [2.45, 2.75) is 25.6 Å². The van der Waals surface area contributed by atoms with Gasteiger partial charge in [-0.3, -0.25) is 9.59 Å². The number of carbonyl (C=O) groups excluding carboxylic acids is 2. The molecule has 3 heterocycles. The number of amides is 2. The maximum Gasteiger partial charge on any atom is 0.273 e. The lowest BCUT2D eigenvalue weighted by Gasteiger charge is -2.34. The van der Waals surface area contributed by atoms with Gasteiger partial charge < -0.3 is 20.9 Å². The molecular weight excluding hydrogens is 460 g/mol. The molecule has 0 spiro atoms. The molecule has 3 N–H and O–H groups in total. The quantitative estimate of drug-likeness (QED) is 0.498.